The van der Waals surface area contributed by atoms with Crippen LogP contribution in [0.15, 0.2) is 48.5 Å². The number of carbonyl (C=O) groups is 2. The molecule has 2 N–H and O–H groups in total. The molecule has 0 unspecified atom stereocenters. The number of carbonyl (C=O) groups excluding carboxylic acids is 2. The van der Waals surface area contributed by atoms with Crippen molar-refractivity contribution < 1.29 is 14.0 Å². The Kier molecular flexibility index (Phi) is 7.28. The molecule has 0 aliphatic heterocycles. The molecule has 2 rings (SSSR count). The lowest BCUT2D eigenvalue weighted by molar-refractivity contribution is -0.120. The average Bonchev–Trinajstić information content (AvgIpc) is 2.61. The van der Waals surface area contributed by atoms with Gasteiger partial charge in [-0.05, 0) is 48.9 Å². The van der Waals surface area contributed by atoms with Gasteiger partial charge in [0.1, 0.15) is 5.82 Å². The molecule has 25 heavy (non-hydrogen) atoms. The number of amides is 2. The highest BCUT2D eigenvalue weighted by Crippen LogP contribution is 2.14. The molecule has 2 amide bonds. The van der Waals surface area contributed by atoms with Crippen molar-refractivity contribution in [1.82, 2.24) is 5.32 Å². The van der Waals surface area contributed by atoms with E-state index >= 15 is 0 Å². The Hall–Kier alpha value is -2.05. The molecule has 2 aromatic rings. The fourth-order valence-corrected chi connectivity index (χ4v) is 2.78. The summed E-state index contributed by atoms with van der Waals surface area (Å²) in [6.45, 7) is 2.15. The van der Waals surface area contributed by atoms with Crippen LogP contribution in [0, 0.1) is 5.82 Å². The van der Waals surface area contributed by atoms with Crippen LogP contribution in [0.1, 0.15) is 12.5 Å². The number of thioether (sulfide) groups is 1. The van der Waals surface area contributed by atoms with E-state index < -0.39 is 0 Å². The molecule has 0 spiro atoms. The Labute approximate surface area is 155 Å². The Morgan fingerprint density at radius 1 is 1.12 bits per heavy atom. The fraction of sp³-hybridized carbons (Fsp3) is 0.222. The Balaban J connectivity index is 1.72. The lowest BCUT2D eigenvalue weighted by Gasteiger charge is -2.12. The van der Waals surface area contributed by atoms with Gasteiger partial charge in [0, 0.05) is 17.3 Å². The predicted octanol–water partition coefficient (Wildman–Crippen LogP) is 3.86. The molecule has 1 atom stereocenters. The average molecular weight is 381 g/mol. The maximum Gasteiger partial charge on any atom is 0.234 e. The summed E-state index contributed by atoms with van der Waals surface area (Å²) >= 11 is 7.05. The summed E-state index contributed by atoms with van der Waals surface area (Å²) in [6.07, 6.45) is 0. The van der Waals surface area contributed by atoms with E-state index in [1.54, 1.807) is 19.1 Å². The topological polar surface area (TPSA) is 58.2 Å². The lowest BCUT2D eigenvalue weighted by Crippen LogP contribution is -2.31. The minimum Gasteiger partial charge on any atom is -0.351 e. The third-order valence-electron chi connectivity index (χ3n) is 3.34. The zero-order chi connectivity index (χ0) is 18.2. The first-order valence-corrected chi connectivity index (χ1v) is 9.06. The molecule has 0 heterocycles. The summed E-state index contributed by atoms with van der Waals surface area (Å²) in [7, 11) is 0. The first kappa shape index (κ1) is 19.3. The Morgan fingerprint density at radius 3 is 2.40 bits per heavy atom. The van der Waals surface area contributed by atoms with Crippen molar-refractivity contribution in [2.45, 2.75) is 18.7 Å². The van der Waals surface area contributed by atoms with Crippen LogP contribution in [0.4, 0.5) is 10.1 Å². The summed E-state index contributed by atoms with van der Waals surface area (Å²) in [4.78, 5) is 23.9. The number of anilines is 1. The number of rotatable bonds is 7. The van der Waals surface area contributed by atoms with Crippen LogP contribution in [0.5, 0.6) is 0 Å². The molecule has 0 saturated heterocycles. The second-order valence-electron chi connectivity index (χ2n) is 5.35. The summed E-state index contributed by atoms with van der Waals surface area (Å²) in [5, 5.41) is 5.75. The minimum atomic E-state index is -0.369. The number of hydrogen-bond acceptors (Lipinski definition) is 3. The van der Waals surface area contributed by atoms with Gasteiger partial charge in [-0.3, -0.25) is 9.59 Å². The summed E-state index contributed by atoms with van der Waals surface area (Å²) < 4.78 is 12.8. The van der Waals surface area contributed by atoms with Crippen LogP contribution in [0.2, 0.25) is 5.02 Å². The van der Waals surface area contributed by atoms with Crippen LogP contribution in [-0.4, -0.2) is 22.8 Å². The zero-order valence-corrected chi connectivity index (χ0v) is 15.2. The van der Waals surface area contributed by atoms with Crippen LogP contribution in [-0.2, 0) is 16.1 Å². The highest BCUT2D eigenvalue weighted by molar-refractivity contribution is 8.01. The minimum absolute atomic E-state index is 0.132. The van der Waals surface area contributed by atoms with E-state index in [1.807, 2.05) is 12.1 Å². The van der Waals surface area contributed by atoms with Crippen molar-refractivity contribution in [3.05, 3.63) is 64.9 Å². The molecule has 0 saturated carbocycles. The van der Waals surface area contributed by atoms with Gasteiger partial charge in [-0.2, -0.15) is 0 Å². The maximum atomic E-state index is 12.8. The van der Waals surface area contributed by atoms with Gasteiger partial charge in [-0.1, -0.05) is 23.7 Å². The molecule has 2 aromatic carbocycles. The third-order valence-corrected chi connectivity index (χ3v) is 4.74. The standard InChI is InChI=1S/C18H18ClFN2O2S/c1-12(18(24)21-10-13-2-4-14(19)5-3-13)25-11-17(23)22-16-8-6-15(20)7-9-16/h2-9,12H,10-11H2,1H3,(H,21,24)(H,22,23)/t12-/m0/s1. The molecule has 0 aliphatic carbocycles. The molecule has 0 bridgehead atoms. The molecular weight excluding hydrogens is 363 g/mol. The van der Waals surface area contributed by atoms with E-state index in [-0.39, 0.29) is 28.6 Å². The van der Waals surface area contributed by atoms with E-state index in [0.29, 0.717) is 17.3 Å². The van der Waals surface area contributed by atoms with Crippen molar-refractivity contribution in [1.29, 1.82) is 0 Å². The van der Waals surface area contributed by atoms with Gasteiger partial charge in [-0.25, -0.2) is 4.39 Å². The molecule has 0 aliphatic rings. The van der Waals surface area contributed by atoms with Gasteiger partial charge < -0.3 is 10.6 Å². The quantitative estimate of drug-likeness (QED) is 0.766. The van der Waals surface area contributed by atoms with E-state index in [0.717, 1.165) is 5.56 Å². The van der Waals surface area contributed by atoms with E-state index in [2.05, 4.69) is 10.6 Å². The van der Waals surface area contributed by atoms with Crippen molar-refractivity contribution in [2.75, 3.05) is 11.1 Å². The first-order valence-electron chi connectivity index (χ1n) is 7.63. The van der Waals surface area contributed by atoms with E-state index in [9.17, 15) is 14.0 Å². The van der Waals surface area contributed by atoms with Crippen LogP contribution >= 0.6 is 23.4 Å². The maximum absolute atomic E-state index is 12.8. The van der Waals surface area contributed by atoms with Crippen LogP contribution in [0.25, 0.3) is 0 Å². The summed E-state index contributed by atoms with van der Waals surface area (Å²) in [5.74, 6) is -0.616. The second-order valence-corrected chi connectivity index (χ2v) is 7.12. The molecule has 0 aromatic heterocycles. The first-order chi connectivity index (χ1) is 11.9. The van der Waals surface area contributed by atoms with Crippen molar-refractivity contribution in [2.24, 2.45) is 0 Å². The molecule has 7 heteroatoms. The van der Waals surface area contributed by atoms with E-state index in [4.69, 9.17) is 11.6 Å². The third kappa shape index (κ3) is 6.76. The highest BCUT2D eigenvalue weighted by Gasteiger charge is 2.15. The molecule has 132 valence electrons. The van der Waals surface area contributed by atoms with Crippen molar-refractivity contribution >= 4 is 40.9 Å². The fourth-order valence-electron chi connectivity index (χ4n) is 1.94. The molecular formula is C18H18ClFN2O2S. The smallest absolute Gasteiger partial charge is 0.234 e. The van der Waals surface area contributed by atoms with Gasteiger partial charge in [-0.15, -0.1) is 11.8 Å². The largest absolute Gasteiger partial charge is 0.351 e. The lowest BCUT2D eigenvalue weighted by atomic mass is 10.2. The number of halogens is 2. The van der Waals surface area contributed by atoms with Gasteiger partial charge in [0.05, 0.1) is 11.0 Å². The molecule has 0 radical (unpaired) electrons. The van der Waals surface area contributed by atoms with Gasteiger partial charge in [0.2, 0.25) is 11.8 Å². The number of benzene rings is 2. The normalized spacial score (nSPS) is 11.6. The Morgan fingerprint density at radius 2 is 1.76 bits per heavy atom. The predicted molar refractivity (Wildman–Crippen MR) is 100 cm³/mol. The van der Waals surface area contributed by atoms with Gasteiger partial charge in [0.25, 0.3) is 0 Å². The van der Waals surface area contributed by atoms with Crippen LogP contribution < -0.4 is 10.6 Å². The number of nitrogens with one attached hydrogen (secondary N) is 2. The molecule has 4 nitrogen and oxygen atoms in total. The zero-order valence-electron chi connectivity index (χ0n) is 13.6. The summed E-state index contributed by atoms with van der Waals surface area (Å²) in [6, 6.07) is 12.7. The number of hydrogen-bond donors (Lipinski definition) is 2. The monoisotopic (exact) mass is 380 g/mol. The van der Waals surface area contributed by atoms with Gasteiger partial charge >= 0.3 is 0 Å². The SMILES string of the molecule is C[C@H](SCC(=O)Nc1ccc(F)cc1)C(=O)NCc1ccc(Cl)cc1. The summed E-state index contributed by atoms with van der Waals surface area (Å²) in [5.41, 5.74) is 1.47. The van der Waals surface area contributed by atoms with Crippen molar-refractivity contribution in [3.63, 3.8) is 0 Å². The van der Waals surface area contributed by atoms with Crippen LogP contribution in [0.3, 0.4) is 0 Å². The van der Waals surface area contributed by atoms with Crippen molar-refractivity contribution in [3.8, 4) is 0 Å². The van der Waals surface area contributed by atoms with Gasteiger partial charge in [0.15, 0.2) is 0 Å². The second kappa shape index (κ2) is 9.44. The Bertz CT molecular complexity index is 723. The molecule has 0 fully saturated rings. The van der Waals surface area contributed by atoms with E-state index in [1.165, 1.54) is 36.0 Å². The highest BCUT2D eigenvalue weighted by atomic mass is 35.5.